The number of para-hydroxylation sites is 1. The van der Waals surface area contributed by atoms with E-state index in [1.165, 1.54) is 22.5 Å². The van der Waals surface area contributed by atoms with Gasteiger partial charge in [-0.2, -0.15) is 0 Å². The summed E-state index contributed by atoms with van der Waals surface area (Å²) in [4.78, 5) is 12.4. The number of halogens is 2. The Labute approximate surface area is 173 Å². The fourth-order valence-corrected chi connectivity index (χ4v) is 3.77. The van der Waals surface area contributed by atoms with Gasteiger partial charge in [0.2, 0.25) is 10.0 Å². The Morgan fingerprint density at radius 1 is 1.03 bits per heavy atom. The second kappa shape index (κ2) is 8.63. The van der Waals surface area contributed by atoms with Crippen molar-refractivity contribution in [1.29, 1.82) is 0 Å². The third-order valence-corrected chi connectivity index (χ3v) is 5.59. The molecular weight excluding hydrogens is 415 g/mol. The van der Waals surface area contributed by atoms with Crippen molar-refractivity contribution >= 4 is 38.9 Å². The van der Waals surface area contributed by atoms with Crippen LogP contribution in [-0.4, -0.2) is 20.6 Å². The molecule has 0 aliphatic rings. The highest BCUT2D eigenvalue weighted by Gasteiger charge is 2.18. The molecule has 0 saturated heterocycles. The lowest BCUT2D eigenvalue weighted by atomic mass is 10.1. The highest BCUT2D eigenvalue weighted by atomic mass is 35.5. The van der Waals surface area contributed by atoms with Crippen molar-refractivity contribution < 1.29 is 17.6 Å². The largest absolute Gasteiger partial charge is 0.322 e. The van der Waals surface area contributed by atoms with Crippen LogP contribution in [-0.2, 0) is 16.6 Å². The van der Waals surface area contributed by atoms with Crippen LogP contribution in [0.4, 0.5) is 15.8 Å². The zero-order chi connectivity index (χ0) is 21.0. The number of nitrogens with zero attached hydrogens (tertiary/aromatic N) is 1. The maximum absolute atomic E-state index is 13.2. The van der Waals surface area contributed by atoms with Gasteiger partial charge in [0.05, 0.1) is 23.5 Å². The van der Waals surface area contributed by atoms with E-state index in [-0.39, 0.29) is 17.5 Å². The first-order valence-electron chi connectivity index (χ1n) is 8.62. The summed E-state index contributed by atoms with van der Waals surface area (Å²) in [5, 5.41) is 2.56. The second-order valence-electron chi connectivity index (χ2n) is 6.39. The summed E-state index contributed by atoms with van der Waals surface area (Å²) in [5.74, 6) is -0.954. The van der Waals surface area contributed by atoms with Crippen LogP contribution in [0, 0.1) is 5.82 Å². The number of nitrogens with one attached hydrogen (secondary N) is 1. The smallest absolute Gasteiger partial charge is 0.255 e. The normalized spacial score (nSPS) is 11.1. The maximum Gasteiger partial charge on any atom is 0.255 e. The molecule has 0 aromatic heterocycles. The van der Waals surface area contributed by atoms with E-state index in [1.807, 2.05) is 6.07 Å². The number of sulfonamides is 1. The van der Waals surface area contributed by atoms with E-state index >= 15 is 0 Å². The molecule has 0 heterocycles. The van der Waals surface area contributed by atoms with Crippen LogP contribution >= 0.6 is 11.6 Å². The van der Waals surface area contributed by atoms with E-state index in [4.69, 9.17) is 11.6 Å². The second-order valence-corrected chi connectivity index (χ2v) is 8.70. The van der Waals surface area contributed by atoms with E-state index < -0.39 is 15.8 Å². The SMILES string of the molecule is CS(=O)(=O)N(Cc1ccc(C(=O)Nc2ccc(F)c(Cl)c2)cc1)c1ccccc1. The van der Waals surface area contributed by atoms with Crippen molar-refractivity contribution in [2.45, 2.75) is 6.54 Å². The third kappa shape index (κ3) is 5.34. The lowest BCUT2D eigenvalue weighted by molar-refractivity contribution is 0.102. The predicted octanol–water partition coefficient (Wildman–Crippen LogP) is 4.70. The van der Waals surface area contributed by atoms with Gasteiger partial charge < -0.3 is 5.32 Å². The first kappa shape index (κ1) is 20.8. The van der Waals surface area contributed by atoms with Crippen molar-refractivity contribution in [3.05, 3.63) is 94.8 Å². The van der Waals surface area contributed by atoms with Crippen molar-refractivity contribution in [3.8, 4) is 0 Å². The molecule has 0 saturated carbocycles. The summed E-state index contributed by atoms with van der Waals surface area (Å²) >= 11 is 5.72. The number of rotatable bonds is 6. The van der Waals surface area contributed by atoms with Gasteiger partial charge >= 0.3 is 0 Å². The first-order valence-corrected chi connectivity index (χ1v) is 10.8. The Kier molecular flexibility index (Phi) is 6.20. The quantitative estimate of drug-likeness (QED) is 0.614. The molecule has 0 radical (unpaired) electrons. The molecule has 3 aromatic carbocycles. The van der Waals surface area contributed by atoms with Crippen LogP contribution in [0.5, 0.6) is 0 Å². The first-order chi connectivity index (χ1) is 13.7. The van der Waals surface area contributed by atoms with Gasteiger partial charge in [0.1, 0.15) is 5.82 Å². The molecule has 0 bridgehead atoms. The summed E-state index contributed by atoms with van der Waals surface area (Å²) in [6.45, 7) is 0.137. The molecule has 1 amide bonds. The number of benzene rings is 3. The summed E-state index contributed by atoms with van der Waals surface area (Å²) in [6.07, 6.45) is 1.15. The highest BCUT2D eigenvalue weighted by Crippen LogP contribution is 2.22. The Balaban J connectivity index is 1.75. The average molecular weight is 433 g/mol. The molecule has 0 atom stereocenters. The Morgan fingerprint density at radius 3 is 2.28 bits per heavy atom. The Hall–Kier alpha value is -2.90. The van der Waals surface area contributed by atoms with E-state index in [0.29, 0.717) is 16.9 Å². The predicted molar refractivity (Wildman–Crippen MR) is 113 cm³/mol. The molecule has 0 aliphatic carbocycles. The van der Waals surface area contributed by atoms with Crippen LogP contribution in [0.2, 0.25) is 5.02 Å². The van der Waals surface area contributed by atoms with Gasteiger partial charge in [-0.3, -0.25) is 9.10 Å². The van der Waals surface area contributed by atoms with Crippen molar-refractivity contribution in [2.24, 2.45) is 0 Å². The molecule has 5 nitrogen and oxygen atoms in total. The minimum Gasteiger partial charge on any atom is -0.322 e. The molecule has 0 spiro atoms. The van der Waals surface area contributed by atoms with E-state index in [2.05, 4.69) is 5.32 Å². The van der Waals surface area contributed by atoms with Gasteiger partial charge in [0, 0.05) is 11.3 Å². The van der Waals surface area contributed by atoms with Gasteiger partial charge in [-0.25, -0.2) is 12.8 Å². The van der Waals surface area contributed by atoms with Crippen LogP contribution in [0.15, 0.2) is 72.8 Å². The fourth-order valence-electron chi connectivity index (χ4n) is 2.70. The molecule has 3 aromatic rings. The third-order valence-electron chi connectivity index (χ3n) is 4.16. The number of carbonyl (C=O) groups excluding carboxylic acids is 1. The molecule has 1 N–H and O–H groups in total. The zero-order valence-corrected chi connectivity index (χ0v) is 17.0. The van der Waals surface area contributed by atoms with Crippen molar-refractivity contribution in [1.82, 2.24) is 0 Å². The van der Waals surface area contributed by atoms with E-state index in [9.17, 15) is 17.6 Å². The monoisotopic (exact) mass is 432 g/mol. The van der Waals surface area contributed by atoms with Gasteiger partial charge in [0.25, 0.3) is 5.91 Å². The molecular formula is C21H18ClFN2O3S. The molecule has 3 rings (SSSR count). The standard InChI is InChI=1S/C21H18ClFN2O3S/c1-29(27,28)25(18-5-3-2-4-6-18)14-15-7-9-16(10-8-15)21(26)24-17-11-12-20(23)19(22)13-17/h2-13H,14H2,1H3,(H,24,26). The van der Waals surface area contributed by atoms with E-state index in [0.717, 1.165) is 11.8 Å². The van der Waals surface area contributed by atoms with Crippen LogP contribution < -0.4 is 9.62 Å². The molecule has 0 unspecified atom stereocenters. The minimum atomic E-state index is -3.48. The van der Waals surface area contributed by atoms with Gasteiger partial charge in [0.15, 0.2) is 0 Å². The lowest BCUT2D eigenvalue weighted by Gasteiger charge is -2.22. The number of carbonyl (C=O) groups is 1. The molecule has 0 aliphatic heterocycles. The maximum atomic E-state index is 13.2. The summed E-state index contributed by atoms with van der Waals surface area (Å²) in [7, 11) is -3.48. The van der Waals surface area contributed by atoms with Gasteiger partial charge in [-0.15, -0.1) is 0 Å². The number of amides is 1. The summed E-state index contributed by atoms with van der Waals surface area (Å²) in [5.41, 5.74) is 2.03. The van der Waals surface area contributed by atoms with Gasteiger partial charge in [-0.05, 0) is 48.0 Å². The topological polar surface area (TPSA) is 66.5 Å². The number of hydrogen-bond acceptors (Lipinski definition) is 3. The number of anilines is 2. The lowest BCUT2D eigenvalue weighted by Crippen LogP contribution is -2.29. The summed E-state index contributed by atoms with van der Waals surface area (Å²) in [6, 6.07) is 19.3. The van der Waals surface area contributed by atoms with Crippen LogP contribution in [0.25, 0.3) is 0 Å². The van der Waals surface area contributed by atoms with Gasteiger partial charge in [-0.1, -0.05) is 41.9 Å². The highest BCUT2D eigenvalue weighted by molar-refractivity contribution is 7.92. The minimum absolute atomic E-state index is 0.0834. The number of hydrogen-bond donors (Lipinski definition) is 1. The van der Waals surface area contributed by atoms with Crippen LogP contribution in [0.3, 0.4) is 0 Å². The molecule has 8 heteroatoms. The average Bonchev–Trinajstić information content (AvgIpc) is 2.69. The Morgan fingerprint density at radius 2 is 1.69 bits per heavy atom. The fraction of sp³-hybridized carbons (Fsp3) is 0.0952. The zero-order valence-electron chi connectivity index (χ0n) is 15.5. The van der Waals surface area contributed by atoms with E-state index in [1.54, 1.807) is 48.5 Å². The van der Waals surface area contributed by atoms with Crippen molar-refractivity contribution in [2.75, 3.05) is 15.9 Å². The molecule has 0 fully saturated rings. The van der Waals surface area contributed by atoms with Crippen LogP contribution in [0.1, 0.15) is 15.9 Å². The molecule has 29 heavy (non-hydrogen) atoms. The summed E-state index contributed by atoms with van der Waals surface area (Å²) < 4.78 is 38.9. The molecule has 150 valence electrons. The van der Waals surface area contributed by atoms with Crippen molar-refractivity contribution in [3.63, 3.8) is 0 Å². The Bertz CT molecular complexity index is 1120.